The predicted octanol–water partition coefficient (Wildman–Crippen LogP) is 13.7. The van der Waals surface area contributed by atoms with Crippen LogP contribution in [0.25, 0.3) is 0 Å². The van der Waals surface area contributed by atoms with Crippen molar-refractivity contribution in [2.45, 2.75) is 416 Å². The highest BCUT2D eigenvalue weighted by Gasteiger charge is 2.35. The molecule has 0 rings (SSSR count). The normalized spacial score (nSPS) is 15.3. The van der Waals surface area contributed by atoms with E-state index in [4.69, 9.17) is 0 Å². The molecule has 0 spiro atoms. The average molecular weight is 1400 g/mol. The van der Waals surface area contributed by atoms with Gasteiger partial charge in [0.15, 0.2) is 5.78 Å². The zero-order chi connectivity index (χ0) is 76.3. The topological polar surface area (TPSA) is 247 Å². The van der Waals surface area contributed by atoms with E-state index in [1.807, 2.05) is 41.5 Å². The molecule has 582 valence electrons. The molecule has 7 atom stereocenters. The SMILES string of the molecule is C=C(NCCCCC(NC(=O)C(CCCCNC(=O)C(CCCCNC(C)(C)C)NC(C)(C)C)NC(=O)C(CCCCNC(C)(C)C)NC(C)(C)C)C(=O)C(C)(C)C)C(CCCCCC(=O)C(CCCCNC(C)(C)C)NC(C)(C)C)NC(=O)C(CCCCNC(C)(C)C)CC(C)(C)C. The van der Waals surface area contributed by atoms with Crippen molar-refractivity contribution in [1.29, 1.82) is 0 Å². The van der Waals surface area contributed by atoms with Crippen molar-refractivity contribution in [1.82, 2.24) is 63.8 Å². The lowest BCUT2D eigenvalue weighted by Gasteiger charge is -2.31. The molecule has 18 nitrogen and oxygen atoms in total. The Balaban J connectivity index is 6.74. The van der Waals surface area contributed by atoms with E-state index in [1.54, 1.807) is 0 Å². The maximum absolute atomic E-state index is 14.9. The molecule has 0 aliphatic heterocycles. The fourth-order valence-corrected chi connectivity index (χ4v) is 12.2. The summed E-state index contributed by atoms with van der Waals surface area (Å²) in [6.45, 7) is 65.8. The van der Waals surface area contributed by atoms with Crippen LogP contribution in [0.3, 0.4) is 0 Å². The Morgan fingerprint density at radius 2 is 0.606 bits per heavy atom. The number of unbranched alkanes of at least 4 members (excludes halogenated alkanes) is 8. The van der Waals surface area contributed by atoms with Crippen molar-refractivity contribution in [3.05, 3.63) is 12.3 Å². The monoisotopic (exact) mass is 1400 g/mol. The van der Waals surface area contributed by atoms with E-state index in [9.17, 15) is 28.8 Å². The van der Waals surface area contributed by atoms with E-state index in [1.165, 1.54) is 0 Å². The van der Waals surface area contributed by atoms with Gasteiger partial charge in [-0.15, -0.1) is 0 Å². The van der Waals surface area contributed by atoms with Crippen LogP contribution in [-0.4, -0.2) is 149 Å². The number of hydrogen-bond donors (Lipinski definition) is 12. The molecule has 0 bridgehead atoms. The van der Waals surface area contributed by atoms with Gasteiger partial charge in [-0.3, -0.25) is 28.8 Å². The molecule has 0 aliphatic carbocycles. The Morgan fingerprint density at radius 1 is 0.293 bits per heavy atom. The Labute approximate surface area is 609 Å². The van der Waals surface area contributed by atoms with Gasteiger partial charge in [-0.05, 0) is 286 Å². The van der Waals surface area contributed by atoms with Gasteiger partial charge in [0.25, 0.3) is 0 Å². The first-order chi connectivity index (χ1) is 45.2. The summed E-state index contributed by atoms with van der Waals surface area (Å²) >= 11 is 0. The number of rotatable bonds is 51. The predicted molar refractivity (Wildman–Crippen MR) is 420 cm³/mol. The van der Waals surface area contributed by atoms with Crippen LogP contribution in [0, 0.1) is 16.7 Å². The first-order valence-electron chi connectivity index (χ1n) is 39.2. The van der Waals surface area contributed by atoms with E-state index in [0.29, 0.717) is 77.3 Å². The summed E-state index contributed by atoms with van der Waals surface area (Å²) < 4.78 is 0. The van der Waals surface area contributed by atoms with Crippen molar-refractivity contribution in [3.8, 4) is 0 Å². The molecule has 7 unspecified atom stereocenters. The molecule has 0 fully saturated rings. The van der Waals surface area contributed by atoms with Crippen LogP contribution < -0.4 is 63.8 Å². The minimum Gasteiger partial charge on any atom is -0.387 e. The highest BCUT2D eigenvalue weighted by Crippen LogP contribution is 2.29. The van der Waals surface area contributed by atoms with Gasteiger partial charge in [-0.2, -0.15) is 0 Å². The van der Waals surface area contributed by atoms with Gasteiger partial charge in [0.2, 0.25) is 23.6 Å². The molecule has 0 heterocycles. The highest BCUT2D eigenvalue weighted by atomic mass is 16.2. The summed E-state index contributed by atoms with van der Waals surface area (Å²) in [7, 11) is 0. The van der Waals surface area contributed by atoms with Crippen LogP contribution in [-0.2, 0) is 28.8 Å². The van der Waals surface area contributed by atoms with E-state index in [2.05, 4.69) is 216 Å². The van der Waals surface area contributed by atoms with Gasteiger partial charge in [0, 0.05) is 75.3 Å². The van der Waals surface area contributed by atoms with Crippen molar-refractivity contribution >= 4 is 35.2 Å². The smallest absolute Gasteiger partial charge is 0.243 e. The zero-order valence-electron chi connectivity index (χ0n) is 69.4. The van der Waals surface area contributed by atoms with Gasteiger partial charge in [0.05, 0.1) is 30.2 Å². The maximum Gasteiger partial charge on any atom is 0.243 e. The minimum absolute atomic E-state index is 0.0218. The first-order valence-corrected chi connectivity index (χ1v) is 39.2. The third kappa shape index (κ3) is 53.9. The molecule has 0 saturated heterocycles. The van der Waals surface area contributed by atoms with Gasteiger partial charge in [-0.25, -0.2) is 0 Å². The molecule has 12 N–H and O–H groups in total. The highest BCUT2D eigenvalue weighted by molar-refractivity contribution is 5.95. The van der Waals surface area contributed by atoms with Crippen LogP contribution in [0.1, 0.15) is 341 Å². The van der Waals surface area contributed by atoms with Gasteiger partial charge >= 0.3 is 0 Å². The molecular formula is C81H162N12O6. The molecule has 0 aromatic carbocycles. The zero-order valence-corrected chi connectivity index (χ0v) is 69.4. The molecule has 0 radical (unpaired) electrons. The summed E-state index contributed by atoms with van der Waals surface area (Å²) in [5.74, 6) is -0.676. The summed E-state index contributed by atoms with van der Waals surface area (Å²) in [4.78, 5) is 86.0. The van der Waals surface area contributed by atoms with Crippen LogP contribution >= 0.6 is 0 Å². The fourth-order valence-electron chi connectivity index (χ4n) is 12.2. The minimum atomic E-state index is -0.933. The number of ketones is 2. The third-order valence-corrected chi connectivity index (χ3v) is 17.1. The Bertz CT molecular complexity index is 2300. The number of nitrogens with one attached hydrogen (secondary N) is 12. The average Bonchev–Trinajstić information content (AvgIpc) is 0.855. The van der Waals surface area contributed by atoms with Crippen LogP contribution in [0.15, 0.2) is 12.3 Å². The molecule has 0 aromatic heterocycles. The lowest BCUT2D eigenvalue weighted by atomic mass is 9.82. The molecular weight excluding hydrogens is 1240 g/mol. The van der Waals surface area contributed by atoms with Crippen molar-refractivity contribution in [2.75, 3.05) is 39.3 Å². The van der Waals surface area contributed by atoms with Gasteiger partial charge in [0.1, 0.15) is 11.8 Å². The van der Waals surface area contributed by atoms with E-state index in [0.717, 1.165) is 122 Å². The quantitative estimate of drug-likeness (QED) is 0.0254. The largest absolute Gasteiger partial charge is 0.387 e. The maximum atomic E-state index is 14.9. The number of carbonyl (C=O) groups excluding carboxylic acids is 6. The van der Waals surface area contributed by atoms with Crippen LogP contribution in [0.4, 0.5) is 0 Å². The van der Waals surface area contributed by atoms with Crippen LogP contribution in [0.5, 0.6) is 0 Å². The van der Waals surface area contributed by atoms with Crippen molar-refractivity contribution in [2.24, 2.45) is 16.7 Å². The Hall–Kier alpha value is -3.52. The third-order valence-electron chi connectivity index (χ3n) is 17.1. The van der Waals surface area contributed by atoms with Crippen molar-refractivity contribution in [3.63, 3.8) is 0 Å². The molecule has 99 heavy (non-hydrogen) atoms. The van der Waals surface area contributed by atoms with E-state index >= 15 is 0 Å². The number of amides is 4. The molecule has 0 aliphatic rings. The molecule has 0 aromatic rings. The number of hydrogen-bond acceptors (Lipinski definition) is 14. The lowest BCUT2D eigenvalue weighted by molar-refractivity contribution is -0.135. The first kappa shape index (κ1) is 95.5. The summed E-state index contributed by atoms with van der Waals surface area (Å²) in [5, 5.41) is 41.5. The number of Topliss-reactive ketones (excluding diaryl/α,β-unsaturated/α-hetero) is 2. The second-order valence-electron chi connectivity index (χ2n) is 38.6. The standard InChI is InChI=1S/C81H162N12O6/c1-59(61(88-69(96)60(58-73(2,3)4)44-32-40-54-84-75(8,9)10)45-30-29-31-51-67(94)62(91-79(20,21)22)46-35-41-55-85-76(11,12)13)82-52-38-33-47-63(68(95)74(5,6)7)89-71(98)64(90-72(99)66(93-81(26,27)28)50-37-43-57-87-78(17,18)19)48-34-39-53-83-70(97)65(92-80(23,24)25)49-36-42-56-86-77(14,15)16/h60-66,82,84-87,91-93H,1,29-58H2,2-28H3,(H,83,97)(H,88,96)(H,89,98)(H,90,99). The second kappa shape index (κ2) is 45.7. The van der Waals surface area contributed by atoms with Crippen LogP contribution in [0.2, 0.25) is 0 Å². The van der Waals surface area contributed by atoms with E-state index < -0.39 is 29.4 Å². The summed E-state index contributed by atoms with van der Waals surface area (Å²) in [6, 6.07) is -3.19. The van der Waals surface area contributed by atoms with Gasteiger partial charge in [-0.1, -0.05) is 86.6 Å². The molecule has 18 heteroatoms. The Morgan fingerprint density at radius 3 is 1.01 bits per heavy atom. The number of carbonyl (C=O) groups is 6. The van der Waals surface area contributed by atoms with Crippen molar-refractivity contribution < 1.29 is 28.8 Å². The lowest BCUT2D eigenvalue weighted by Crippen LogP contribution is -2.57. The summed E-state index contributed by atoms with van der Waals surface area (Å²) in [6.07, 6.45) is 17.7. The Kier molecular flexibility index (Phi) is 44.0. The molecule has 4 amide bonds. The van der Waals surface area contributed by atoms with E-state index in [-0.39, 0.29) is 97.5 Å². The van der Waals surface area contributed by atoms with Gasteiger partial charge < -0.3 is 63.8 Å². The molecule has 0 saturated carbocycles. The second-order valence-corrected chi connectivity index (χ2v) is 38.6. The fraction of sp³-hybridized carbons (Fsp3) is 0.901. The summed E-state index contributed by atoms with van der Waals surface area (Å²) in [5.41, 5.74) is -0.836.